The number of nitrogens with zero attached hydrogens (tertiary/aromatic N) is 2. The van der Waals surface area contributed by atoms with Gasteiger partial charge in [-0.05, 0) is 31.2 Å². The summed E-state index contributed by atoms with van der Waals surface area (Å²) >= 11 is 1.17. The van der Waals surface area contributed by atoms with Gasteiger partial charge in [0.1, 0.15) is 5.01 Å². The highest BCUT2D eigenvalue weighted by atomic mass is 32.2. The number of hydrazine groups is 1. The lowest BCUT2D eigenvalue weighted by Gasteiger charge is -2.05. The molecule has 4 N–H and O–H groups in total. The van der Waals surface area contributed by atoms with E-state index < -0.39 is 10.0 Å². The lowest BCUT2D eigenvalue weighted by molar-refractivity contribution is 0.601. The van der Waals surface area contributed by atoms with E-state index in [9.17, 15) is 8.42 Å². The van der Waals surface area contributed by atoms with Crippen LogP contribution >= 0.6 is 11.3 Å². The molecular weight excluding hydrogens is 274 g/mol. The van der Waals surface area contributed by atoms with Gasteiger partial charge in [0.15, 0.2) is 0 Å². The maximum atomic E-state index is 12.0. The van der Waals surface area contributed by atoms with Crippen LogP contribution in [0.25, 0.3) is 0 Å². The minimum Gasteiger partial charge on any atom is -0.324 e. The number of nitrogen functional groups attached to an aromatic ring is 1. The molecule has 0 spiro atoms. The Balaban J connectivity index is 2.24. The molecule has 0 saturated carbocycles. The molecule has 1 aromatic carbocycles. The molecule has 0 aliphatic rings. The molecule has 0 radical (unpaired) electrons. The number of benzene rings is 1. The van der Waals surface area contributed by atoms with E-state index in [1.54, 1.807) is 19.1 Å². The monoisotopic (exact) mass is 285 g/mol. The third-order valence-electron chi connectivity index (χ3n) is 2.08. The van der Waals surface area contributed by atoms with E-state index >= 15 is 0 Å². The summed E-state index contributed by atoms with van der Waals surface area (Å²) in [6.07, 6.45) is 0. The first-order valence-electron chi connectivity index (χ1n) is 4.91. The van der Waals surface area contributed by atoms with Gasteiger partial charge in [-0.15, -0.1) is 10.2 Å². The average molecular weight is 285 g/mol. The quantitative estimate of drug-likeness (QED) is 0.569. The fourth-order valence-electron chi connectivity index (χ4n) is 1.24. The van der Waals surface area contributed by atoms with E-state index in [1.165, 1.54) is 23.5 Å². The van der Waals surface area contributed by atoms with E-state index in [0.29, 0.717) is 10.7 Å². The fraction of sp³-hybridized carbons (Fsp3) is 0.111. The van der Waals surface area contributed by atoms with Crippen molar-refractivity contribution in [2.24, 2.45) is 5.84 Å². The number of aryl methyl sites for hydroxylation is 1. The Morgan fingerprint density at radius 1 is 1.22 bits per heavy atom. The molecule has 1 heterocycles. The molecule has 0 fully saturated rings. The molecule has 0 aliphatic heterocycles. The van der Waals surface area contributed by atoms with Crippen LogP contribution in [-0.2, 0) is 10.0 Å². The highest BCUT2D eigenvalue weighted by Crippen LogP contribution is 2.20. The number of nitrogens with two attached hydrogens (primary N) is 1. The van der Waals surface area contributed by atoms with Gasteiger partial charge in [0.25, 0.3) is 10.0 Å². The van der Waals surface area contributed by atoms with Crippen LogP contribution in [0.4, 0.5) is 10.8 Å². The standard InChI is InChI=1S/C9H11N5O2S2/c1-6-12-13-9(17-6)14-18(15,16)8-4-2-7(11-10)3-5-8/h2-5,11H,10H2,1H3,(H,13,14). The van der Waals surface area contributed by atoms with Crippen LogP contribution in [0.3, 0.4) is 0 Å². The van der Waals surface area contributed by atoms with E-state index in [1.807, 2.05) is 0 Å². The Morgan fingerprint density at radius 3 is 2.39 bits per heavy atom. The highest BCUT2D eigenvalue weighted by molar-refractivity contribution is 7.93. The number of hydrogen-bond donors (Lipinski definition) is 3. The van der Waals surface area contributed by atoms with Crippen molar-refractivity contribution in [2.75, 3.05) is 10.1 Å². The smallest absolute Gasteiger partial charge is 0.263 e. The number of rotatable bonds is 4. The van der Waals surface area contributed by atoms with E-state index in [-0.39, 0.29) is 10.0 Å². The topological polar surface area (TPSA) is 110 Å². The predicted molar refractivity (Wildman–Crippen MR) is 69.7 cm³/mol. The predicted octanol–water partition coefficient (Wildman–Crippen LogP) is 0.933. The van der Waals surface area contributed by atoms with E-state index in [2.05, 4.69) is 20.3 Å². The minimum atomic E-state index is -3.64. The normalized spacial score (nSPS) is 11.2. The molecule has 96 valence electrons. The molecule has 18 heavy (non-hydrogen) atoms. The summed E-state index contributed by atoms with van der Waals surface area (Å²) in [7, 11) is -3.64. The number of sulfonamides is 1. The first-order chi connectivity index (χ1) is 8.51. The van der Waals surface area contributed by atoms with Crippen molar-refractivity contribution in [1.29, 1.82) is 0 Å². The van der Waals surface area contributed by atoms with E-state index in [4.69, 9.17) is 5.84 Å². The summed E-state index contributed by atoms with van der Waals surface area (Å²) in [6, 6.07) is 6.04. The van der Waals surface area contributed by atoms with Gasteiger partial charge in [-0.3, -0.25) is 10.6 Å². The number of nitrogens with one attached hydrogen (secondary N) is 2. The van der Waals surface area contributed by atoms with Crippen molar-refractivity contribution in [2.45, 2.75) is 11.8 Å². The SMILES string of the molecule is Cc1nnc(NS(=O)(=O)c2ccc(NN)cc2)s1. The lowest BCUT2D eigenvalue weighted by atomic mass is 10.3. The second-order valence-corrected chi connectivity index (χ2v) is 6.26. The molecule has 0 saturated heterocycles. The third-order valence-corrected chi connectivity index (χ3v) is 4.32. The van der Waals surface area contributed by atoms with Crippen molar-refractivity contribution < 1.29 is 8.42 Å². The summed E-state index contributed by atoms with van der Waals surface area (Å²) in [5, 5.41) is 8.38. The van der Waals surface area contributed by atoms with Crippen molar-refractivity contribution in [3.63, 3.8) is 0 Å². The number of anilines is 2. The van der Waals surface area contributed by atoms with Crippen LogP contribution in [0.5, 0.6) is 0 Å². The first-order valence-corrected chi connectivity index (χ1v) is 7.21. The Bertz CT molecular complexity index is 635. The van der Waals surface area contributed by atoms with Gasteiger partial charge in [-0.1, -0.05) is 11.3 Å². The Morgan fingerprint density at radius 2 is 1.89 bits per heavy atom. The lowest BCUT2D eigenvalue weighted by Crippen LogP contribution is -2.13. The summed E-state index contributed by atoms with van der Waals surface area (Å²) < 4.78 is 26.3. The summed E-state index contributed by atoms with van der Waals surface area (Å²) in [5.74, 6) is 5.20. The molecular formula is C9H11N5O2S2. The molecule has 0 atom stereocenters. The molecule has 7 nitrogen and oxygen atoms in total. The van der Waals surface area contributed by atoms with Crippen LogP contribution in [-0.4, -0.2) is 18.6 Å². The molecule has 0 amide bonds. The van der Waals surface area contributed by atoms with Gasteiger partial charge in [-0.25, -0.2) is 8.42 Å². The average Bonchev–Trinajstić information content (AvgIpc) is 2.74. The first kappa shape index (κ1) is 12.7. The Labute approximate surface area is 108 Å². The van der Waals surface area contributed by atoms with Crippen molar-refractivity contribution in [3.05, 3.63) is 29.3 Å². The Hall–Kier alpha value is -1.71. The molecule has 9 heteroatoms. The maximum absolute atomic E-state index is 12.0. The zero-order chi connectivity index (χ0) is 13.2. The number of aromatic nitrogens is 2. The molecule has 0 unspecified atom stereocenters. The van der Waals surface area contributed by atoms with Crippen LogP contribution in [0.1, 0.15) is 5.01 Å². The van der Waals surface area contributed by atoms with Gasteiger partial charge >= 0.3 is 0 Å². The number of hydrogen-bond acceptors (Lipinski definition) is 7. The zero-order valence-electron chi connectivity index (χ0n) is 9.41. The van der Waals surface area contributed by atoms with Crippen molar-refractivity contribution in [1.82, 2.24) is 10.2 Å². The molecule has 1 aromatic heterocycles. The third kappa shape index (κ3) is 2.75. The van der Waals surface area contributed by atoms with Crippen LogP contribution in [0.2, 0.25) is 0 Å². The summed E-state index contributed by atoms with van der Waals surface area (Å²) in [4.78, 5) is 0.134. The van der Waals surface area contributed by atoms with Crippen molar-refractivity contribution >= 4 is 32.2 Å². The molecule has 2 aromatic rings. The van der Waals surface area contributed by atoms with Gasteiger partial charge in [-0.2, -0.15) is 0 Å². The van der Waals surface area contributed by atoms with Gasteiger partial charge in [0.05, 0.1) is 4.90 Å². The van der Waals surface area contributed by atoms with Gasteiger partial charge in [0.2, 0.25) is 5.13 Å². The van der Waals surface area contributed by atoms with E-state index in [0.717, 1.165) is 0 Å². The maximum Gasteiger partial charge on any atom is 0.263 e. The van der Waals surface area contributed by atoms with Crippen molar-refractivity contribution in [3.8, 4) is 0 Å². The highest BCUT2D eigenvalue weighted by Gasteiger charge is 2.16. The Kier molecular flexibility index (Phi) is 3.45. The van der Waals surface area contributed by atoms with Crippen LogP contribution in [0.15, 0.2) is 29.2 Å². The second kappa shape index (κ2) is 4.88. The minimum absolute atomic E-state index is 0.134. The molecule has 0 aliphatic carbocycles. The van der Waals surface area contributed by atoms with Gasteiger partial charge in [0, 0.05) is 5.69 Å². The largest absolute Gasteiger partial charge is 0.324 e. The fourth-order valence-corrected chi connectivity index (χ4v) is 3.06. The molecule has 0 bridgehead atoms. The van der Waals surface area contributed by atoms with Crippen LogP contribution < -0.4 is 16.0 Å². The van der Waals surface area contributed by atoms with Gasteiger partial charge < -0.3 is 5.43 Å². The summed E-state index contributed by atoms with van der Waals surface area (Å²) in [6.45, 7) is 1.75. The zero-order valence-corrected chi connectivity index (χ0v) is 11.0. The second-order valence-electron chi connectivity index (χ2n) is 3.40. The molecule has 2 rings (SSSR count). The summed E-state index contributed by atoms with van der Waals surface area (Å²) in [5.41, 5.74) is 3.05. The van der Waals surface area contributed by atoms with Crippen LogP contribution in [0, 0.1) is 6.92 Å².